The van der Waals surface area contributed by atoms with E-state index in [2.05, 4.69) is 10.3 Å². The quantitative estimate of drug-likeness (QED) is 0.815. The number of amides is 1. The summed E-state index contributed by atoms with van der Waals surface area (Å²) in [5.74, 6) is -1.18. The Kier molecular flexibility index (Phi) is 5.89. The van der Waals surface area contributed by atoms with Crippen molar-refractivity contribution in [1.29, 1.82) is 0 Å². The molecule has 1 amide bonds. The molecule has 0 saturated carbocycles. The molecule has 0 radical (unpaired) electrons. The molecule has 0 aliphatic carbocycles. The first kappa shape index (κ1) is 17.5. The fourth-order valence-electron chi connectivity index (χ4n) is 2.12. The zero-order valence-electron chi connectivity index (χ0n) is 13.6. The maximum absolute atomic E-state index is 12.3. The Labute approximate surface area is 140 Å². The van der Waals surface area contributed by atoms with Crippen molar-refractivity contribution in [1.82, 2.24) is 10.3 Å². The average molecular weight is 328 g/mol. The molecule has 126 valence electrons. The van der Waals surface area contributed by atoms with E-state index in [1.54, 1.807) is 50.5 Å². The molecule has 0 aliphatic rings. The second kappa shape index (κ2) is 8.10. The van der Waals surface area contributed by atoms with Crippen LogP contribution in [0.4, 0.5) is 0 Å². The van der Waals surface area contributed by atoms with E-state index in [0.717, 1.165) is 5.56 Å². The highest BCUT2D eigenvalue weighted by molar-refractivity contribution is 5.96. The second-order valence-electron chi connectivity index (χ2n) is 5.71. The van der Waals surface area contributed by atoms with Crippen LogP contribution < -0.4 is 10.1 Å². The Bertz CT molecular complexity index is 701. The third kappa shape index (κ3) is 4.81. The molecule has 0 unspecified atom stereocenters. The zero-order valence-corrected chi connectivity index (χ0v) is 13.6. The van der Waals surface area contributed by atoms with Crippen molar-refractivity contribution in [3.8, 4) is 5.75 Å². The van der Waals surface area contributed by atoms with Crippen molar-refractivity contribution in [2.45, 2.75) is 26.5 Å². The van der Waals surface area contributed by atoms with Crippen LogP contribution in [0.5, 0.6) is 5.75 Å². The summed E-state index contributed by atoms with van der Waals surface area (Å²) in [5, 5.41) is 11.7. The summed E-state index contributed by atoms with van der Waals surface area (Å²) in [7, 11) is 0. The number of carboxylic acids is 1. The first-order chi connectivity index (χ1) is 11.5. The summed E-state index contributed by atoms with van der Waals surface area (Å²) in [6.07, 6.45) is 3.39. The Hall–Kier alpha value is -2.89. The van der Waals surface area contributed by atoms with Gasteiger partial charge in [-0.05, 0) is 30.2 Å². The van der Waals surface area contributed by atoms with E-state index in [1.807, 2.05) is 12.1 Å². The number of hydrogen-bond donors (Lipinski definition) is 2. The molecule has 1 heterocycles. The first-order valence-corrected chi connectivity index (χ1v) is 7.63. The van der Waals surface area contributed by atoms with Gasteiger partial charge in [-0.1, -0.05) is 26.0 Å². The Morgan fingerprint density at radius 1 is 1.25 bits per heavy atom. The van der Waals surface area contributed by atoms with Crippen LogP contribution >= 0.6 is 0 Å². The van der Waals surface area contributed by atoms with E-state index in [1.165, 1.54) is 0 Å². The van der Waals surface area contributed by atoms with Gasteiger partial charge in [-0.3, -0.25) is 9.78 Å². The summed E-state index contributed by atoms with van der Waals surface area (Å²) in [6.45, 7) is 3.82. The zero-order chi connectivity index (χ0) is 17.5. The van der Waals surface area contributed by atoms with E-state index < -0.39 is 17.9 Å². The molecule has 0 spiro atoms. The average Bonchev–Trinajstić information content (AvgIpc) is 2.58. The summed E-state index contributed by atoms with van der Waals surface area (Å²) in [5.41, 5.74) is 1.27. The largest absolute Gasteiger partial charge is 0.489 e. The third-order valence-electron chi connectivity index (χ3n) is 3.44. The van der Waals surface area contributed by atoms with Crippen LogP contribution in [0.25, 0.3) is 0 Å². The van der Waals surface area contributed by atoms with E-state index in [4.69, 9.17) is 9.84 Å². The van der Waals surface area contributed by atoms with Crippen LogP contribution in [0.3, 0.4) is 0 Å². The van der Waals surface area contributed by atoms with Gasteiger partial charge in [-0.2, -0.15) is 0 Å². The maximum atomic E-state index is 12.3. The number of nitrogens with one attached hydrogen (secondary N) is 1. The van der Waals surface area contributed by atoms with Crippen LogP contribution in [0.2, 0.25) is 0 Å². The van der Waals surface area contributed by atoms with Crippen molar-refractivity contribution in [2.75, 3.05) is 0 Å². The highest BCUT2D eigenvalue weighted by Crippen LogP contribution is 2.15. The molecule has 0 bridgehead atoms. The van der Waals surface area contributed by atoms with E-state index in [0.29, 0.717) is 17.9 Å². The topological polar surface area (TPSA) is 88.5 Å². The molecule has 1 aromatic heterocycles. The van der Waals surface area contributed by atoms with Gasteiger partial charge in [0.1, 0.15) is 18.4 Å². The minimum Gasteiger partial charge on any atom is -0.489 e. The number of ether oxygens (including phenoxy) is 1. The molecular formula is C18H20N2O4. The summed E-state index contributed by atoms with van der Waals surface area (Å²) >= 11 is 0. The molecule has 2 N–H and O–H groups in total. The normalized spacial score (nSPS) is 11.8. The van der Waals surface area contributed by atoms with E-state index >= 15 is 0 Å². The number of aliphatic carboxylic acids is 1. The Morgan fingerprint density at radius 2 is 2.04 bits per heavy atom. The molecular weight excluding hydrogens is 308 g/mol. The van der Waals surface area contributed by atoms with Crippen LogP contribution in [0.1, 0.15) is 29.8 Å². The standard InChI is InChI=1S/C18H20N2O4/c1-12(2)16(18(22)23)20-17(21)14-6-3-7-15(9-14)24-11-13-5-4-8-19-10-13/h3-10,12,16H,11H2,1-2H3,(H,20,21)(H,22,23)/t16-/m0/s1. The lowest BCUT2D eigenvalue weighted by molar-refractivity contribution is -0.140. The summed E-state index contributed by atoms with van der Waals surface area (Å²) in [6, 6.07) is 9.42. The Balaban J connectivity index is 2.03. The van der Waals surface area contributed by atoms with Gasteiger partial charge in [0.2, 0.25) is 0 Å². The van der Waals surface area contributed by atoms with Crippen molar-refractivity contribution in [3.63, 3.8) is 0 Å². The maximum Gasteiger partial charge on any atom is 0.326 e. The minimum absolute atomic E-state index is 0.212. The summed E-state index contributed by atoms with van der Waals surface area (Å²) < 4.78 is 5.65. The van der Waals surface area contributed by atoms with Crippen molar-refractivity contribution in [2.24, 2.45) is 5.92 Å². The number of benzene rings is 1. The van der Waals surface area contributed by atoms with Gasteiger partial charge >= 0.3 is 5.97 Å². The molecule has 6 nitrogen and oxygen atoms in total. The van der Waals surface area contributed by atoms with Gasteiger partial charge < -0.3 is 15.2 Å². The molecule has 1 atom stereocenters. The van der Waals surface area contributed by atoms with Gasteiger partial charge in [0.25, 0.3) is 5.91 Å². The molecule has 0 aliphatic heterocycles. The highest BCUT2D eigenvalue weighted by atomic mass is 16.5. The molecule has 24 heavy (non-hydrogen) atoms. The number of rotatable bonds is 7. The fourth-order valence-corrected chi connectivity index (χ4v) is 2.12. The number of aromatic nitrogens is 1. The minimum atomic E-state index is -1.05. The Morgan fingerprint density at radius 3 is 2.67 bits per heavy atom. The van der Waals surface area contributed by atoms with E-state index in [-0.39, 0.29) is 5.92 Å². The molecule has 2 rings (SSSR count). The van der Waals surface area contributed by atoms with Crippen molar-refractivity contribution >= 4 is 11.9 Å². The van der Waals surface area contributed by atoms with Gasteiger partial charge in [-0.25, -0.2) is 4.79 Å². The fraction of sp³-hybridized carbons (Fsp3) is 0.278. The molecule has 0 fully saturated rings. The monoisotopic (exact) mass is 328 g/mol. The lowest BCUT2D eigenvalue weighted by atomic mass is 10.0. The van der Waals surface area contributed by atoms with Crippen LogP contribution in [-0.2, 0) is 11.4 Å². The smallest absolute Gasteiger partial charge is 0.326 e. The lowest BCUT2D eigenvalue weighted by Crippen LogP contribution is -2.44. The number of carbonyl (C=O) groups excluding carboxylic acids is 1. The van der Waals surface area contributed by atoms with Gasteiger partial charge in [0.05, 0.1) is 0 Å². The second-order valence-corrected chi connectivity index (χ2v) is 5.71. The van der Waals surface area contributed by atoms with Crippen LogP contribution in [0, 0.1) is 5.92 Å². The lowest BCUT2D eigenvalue weighted by Gasteiger charge is -2.18. The number of nitrogens with zero attached hydrogens (tertiary/aromatic N) is 1. The van der Waals surface area contributed by atoms with Gasteiger partial charge in [-0.15, -0.1) is 0 Å². The first-order valence-electron chi connectivity index (χ1n) is 7.63. The van der Waals surface area contributed by atoms with Crippen LogP contribution in [0.15, 0.2) is 48.8 Å². The molecule has 0 saturated heterocycles. The van der Waals surface area contributed by atoms with Crippen molar-refractivity contribution in [3.05, 3.63) is 59.9 Å². The number of carbonyl (C=O) groups is 2. The molecule has 1 aromatic carbocycles. The van der Waals surface area contributed by atoms with Crippen LogP contribution in [-0.4, -0.2) is 28.0 Å². The third-order valence-corrected chi connectivity index (χ3v) is 3.44. The predicted molar refractivity (Wildman–Crippen MR) is 88.7 cm³/mol. The van der Waals surface area contributed by atoms with Crippen molar-refractivity contribution < 1.29 is 19.4 Å². The predicted octanol–water partition coefficient (Wildman–Crippen LogP) is 2.50. The van der Waals surface area contributed by atoms with Gasteiger partial charge in [0, 0.05) is 23.5 Å². The highest BCUT2D eigenvalue weighted by Gasteiger charge is 2.24. The number of hydrogen-bond acceptors (Lipinski definition) is 4. The molecule has 6 heteroatoms. The van der Waals surface area contributed by atoms with E-state index in [9.17, 15) is 9.59 Å². The SMILES string of the molecule is CC(C)[C@H](NC(=O)c1cccc(OCc2cccnc2)c1)C(=O)O. The van der Waals surface area contributed by atoms with Gasteiger partial charge in [0.15, 0.2) is 0 Å². The number of carboxylic acid groups (broad SMARTS) is 1. The summed E-state index contributed by atoms with van der Waals surface area (Å²) in [4.78, 5) is 27.4. The molecule has 2 aromatic rings. The number of pyridine rings is 1.